The molecule has 2 aromatic rings. The molecule has 148 valence electrons. The first-order valence-corrected chi connectivity index (χ1v) is 10.7. The zero-order valence-corrected chi connectivity index (χ0v) is 21.0. The van der Waals surface area contributed by atoms with Gasteiger partial charge in [0.1, 0.15) is 0 Å². The van der Waals surface area contributed by atoms with E-state index in [0.717, 1.165) is 6.42 Å². The van der Waals surface area contributed by atoms with Crippen molar-refractivity contribution in [3.63, 3.8) is 0 Å². The van der Waals surface area contributed by atoms with Crippen molar-refractivity contribution in [3.8, 4) is 0 Å². The van der Waals surface area contributed by atoms with Gasteiger partial charge in [0.2, 0.25) is 0 Å². The molecule has 2 aliphatic rings. The molecule has 0 nitrogen and oxygen atoms in total. The number of hydrogen-bond acceptors (Lipinski definition) is 0. The fourth-order valence-electron chi connectivity index (χ4n) is 3.30. The van der Waals surface area contributed by atoms with Crippen molar-refractivity contribution in [3.05, 3.63) is 118 Å². The van der Waals surface area contributed by atoms with Crippen molar-refractivity contribution in [2.75, 3.05) is 0 Å². The maximum atomic E-state index is 3.53. The molecule has 0 heterocycles. The third-order valence-corrected chi connectivity index (χ3v) is 6.61. The molecule has 0 amide bonds. The van der Waals surface area contributed by atoms with Crippen LogP contribution < -0.4 is 24.8 Å². The van der Waals surface area contributed by atoms with E-state index in [1.54, 1.807) is 0 Å². The van der Waals surface area contributed by atoms with Gasteiger partial charge in [-0.1, -0.05) is 45.3 Å². The molecule has 0 fully saturated rings. The van der Waals surface area contributed by atoms with Crippen LogP contribution in [0.3, 0.4) is 0 Å². The fourth-order valence-corrected chi connectivity index (χ4v) is 4.12. The molecule has 0 saturated heterocycles. The van der Waals surface area contributed by atoms with Crippen LogP contribution >= 0.6 is 0 Å². The predicted octanol–water partition coefficient (Wildman–Crippen LogP) is 0.399. The summed E-state index contributed by atoms with van der Waals surface area (Å²) in [5, 5.41) is 0. The molecule has 0 saturated carbocycles. The van der Waals surface area contributed by atoms with Gasteiger partial charge in [-0.05, 0) is 0 Å². The summed E-state index contributed by atoms with van der Waals surface area (Å²) >= 11 is 1.46. The van der Waals surface area contributed by atoms with Crippen molar-refractivity contribution >= 4 is 3.21 Å². The van der Waals surface area contributed by atoms with Gasteiger partial charge in [-0.15, -0.1) is 17.2 Å². The van der Waals surface area contributed by atoms with Crippen LogP contribution in [0.15, 0.2) is 101 Å². The van der Waals surface area contributed by atoms with Crippen molar-refractivity contribution in [2.45, 2.75) is 27.2 Å². The Morgan fingerprint density at radius 3 is 1.79 bits per heavy atom. The number of benzene rings is 2. The van der Waals surface area contributed by atoms with Gasteiger partial charge >= 0.3 is 99.2 Å². The first kappa shape index (κ1) is 25.8. The fraction of sp³-hybridized carbons (Fsp3) is 0.192. The SMILES string of the molecule is CC1=C(C)C(C)[C-]=C1C1=CC=CC1.[Cl-].[Cl-].[Zr+2]=[C](c1ccccc1)c1ccccc1. The Morgan fingerprint density at radius 2 is 1.41 bits per heavy atom. The summed E-state index contributed by atoms with van der Waals surface area (Å²) in [5.74, 6) is 0.511. The van der Waals surface area contributed by atoms with Crippen LogP contribution in [0, 0.1) is 12.0 Å². The molecule has 4 rings (SSSR count). The summed E-state index contributed by atoms with van der Waals surface area (Å²) in [4.78, 5) is 0. The van der Waals surface area contributed by atoms with Crippen molar-refractivity contribution in [1.29, 1.82) is 0 Å². The molecule has 0 bridgehead atoms. The molecule has 2 aliphatic carbocycles. The van der Waals surface area contributed by atoms with E-state index in [9.17, 15) is 0 Å². The van der Waals surface area contributed by atoms with Gasteiger partial charge in [0.15, 0.2) is 0 Å². The summed E-state index contributed by atoms with van der Waals surface area (Å²) in [7, 11) is 0. The second-order valence-electron chi connectivity index (χ2n) is 6.98. The van der Waals surface area contributed by atoms with E-state index in [4.69, 9.17) is 0 Å². The van der Waals surface area contributed by atoms with E-state index in [-0.39, 0.29) is 24.8 Å². The molecular weight excluding hydrogens is 474 g/mol. The molecule has 29 heavy (non-hydrogen) atoms. The summed E-state index contributed by atoms with van der Waals surface area (Å²) < 4.78 is 1.42. The molecule has 3 heteroatoms. The zero-order valence-electron chi connectivity index (χ0n) is 17.0. The minimum atomic E-state index is 0. The van der Waals surface area contributed by atoms with Crippen molar-refractivity contribution in [1.82, 2.24) is 0 Å². The van der Waals surface area contributed by atoms with E-state index < -0.39 is 0 Å². The molecule has 0 aliphatic heterocycles. The van der Waals surface area contributed by atoms with E-state index in [1.165, 1.54) is 60.9 Å². The summed E-state index contributed by atoms with van der Waals surface area (Å²) in [6, 6.07) is 21.1. The minimum absolute atomic E-state index is 0. The average Bonchev–Trinajstić information content (AvgIpc) is 3.34. The van der Waals surface area contributed by atoms with Crippen LogP contribution in [0.5, 0.6) is 0 Å². The third-order valence-electron chi connectivity index (χ3n) is 5.19. The summed E-state index contributed by atoms with van der Waals surface area (Å²) in [6.45, 7) is 6.64. The molecule has 2 aromatic carbocycles. The molecule has 0 aromatic heterocycles. The van der Waals surface area contributed by atoms with Gasteiger partial charge in [0.25, 0.3) is 0 Å². The van der Waals surface area contributed by atoms with Gasteiger partial charge in [0, 0.05) is 0 Å². The average molecular weight is 500 g/mol. The Bertz CT molecular complexity index is 894. The zero-order chi connectivity index (χ0) is 19.2. The summed E-state index contributed by atoms with van der Waals surface area (Å²) in [5.41, 5.74) is 8.36. The standard InChI is InChI=1S/C13H15.C13H10.2ClH.Zr/c1-9-8-13(11(3)10(9)2)12-6-4-5-7-12;1-3-7-12(8-4-1)11-13-9-5-2-6-10-13;;;/h4-6,9H,7H2,1-3H3;1-10H;2*1H;/q-1;;;;+2/p-2. The van der Waals surface area contributed by atoms with Crippen molar-refractivity contribution < 1.29 is 49.0 Å². The van der Waals surface area contributed by atoms with Crippen LogP contribution in [-0.2, 0) is 24.2 Å². The quantitative estimate of drug-likeness (QED) is 0.537. The monoisotopic (exact) mass is 497 g/mol. The van der Waals surface area contributed by atoms with Crippen LogP contribution in [-0.4, -0.2) is 3.21 Å². The topological polar surface area (TPSA) is 0 Å². The molecular formula is C26H25Cl2Zr-. The Balaban J connectivity index is 0.000000272. The maximum absolute atomic E-state index is 3.53. The van der Waals surface area contributed by atoms with Crippen LogP contribution in [0.4, 0.5) is 0 Å². The van der Waals surface area contributed by atoms with Gasteiger partial charge in [0.05, 0.1) is 0 Å². The Kier molecular flexibility index (Phi) is 11.0. The van der Waals surface area contributed by atoms with E-state index in [1.807, 2.05) is 0 Å². The van der Waals surface area contributed by atoms with Crippen molar-refractivity contribution in [2.24, 2.45) is 5.92 Å². The van der Waals surface area contributed by atoms with Gasteiger partial charge in [-0.3, -0.25) is 0 Å². The molecule has 1 atom stereocenters. The molecule has 0 N–H and O–H groups in total. The summed E-state index contributed by atoms with van der Waals surface area (Å²) in [6.07, 6.45) is 11.2. The van der Waals surface area contributed by atoms with E-state index in [2.05, 4.69) is 106 Å². The van der Waals surface area contributed by atoms with Gasteiger partial charge < -0.3 is 24.8 Å². The predicted molar refractivity (Wildman–Crippen MR) is 112 cm³/mol. The first-order valence-electron chi connectivity index (χ1n) is 9.44. The van der Waals surface area contributed by atoms with Crippen LogP contribution in [0.2, 0.25) is 0 Å². The normalized spacial score (nSPS) is 16.8. The third kappa shape index (κ3) is 6.61. The van der Waals surface area contributed by atoms with Gasteiger partial charge in [-0.25, -0.2) is 0 Å². The molecule has 0 radical (unpaired) electrons. The number of halogens is 2. The van der Waals surface area contributed by atoms with Crippen LogP contribution in [0.25, 0.3) is 0 Å². The second-order valence-corrected chi connectivity index (χ2v) is 8.21. The molecule has 1 unspecified atom stereocenters. The van der Waals surface area contributed by atoms with E-state index in [0.29, 0.717) is 5.92 Å². The molecule has 0 spiro atoms. The number of hydrogen-bond donors (Lipinski definition) is 0. The first-order chi connectivity index (χ1) is 13.1. The second kappa shape index (κ2) is 12.4. The van der Waals surface area contributed by atoms with E-state index >= 15 is 0 Å². The number of rotatable bonds is 3. The number of allylic oxidation sites excluding steroid dienone is 8. The van der Waals surface area contributed by atoms with Crippen LogP contribution in [0.1, 0.15) is 38.3 Å². The Hall–Kier alpha value is -1.27. The van der Waals surface area contributed by atoms with Gasteiger partial charge in [-0.2, -0.15) is 17.2 Å². The Labute approximate surface area is 202 Å². The Morgan fingerprint density at radius 1 is 0.897 bits per heavy atom.